The van der Waals surface area contributed by atoms with E-state index in [1.807, 2.05) is 0 Å². The van der Waals surface area contributed by atoms with E-state index in [2.05, 4.69) is 9.98 Å². The van der Waals surface area contributed by atoms with Gasteiger partial charge in [-0.1, -0.05) is 36.4 Å². The predicted octanol–water partition coefficient (Wildman–Crippen LogP) is 7.14. The summed E-state index contributed by atoms with van der Waals surface area (Å²) in [6, 6.07) is 13.8. The van der Waals surface area contributed by atoms with Crippen LogP contribution in [-0.2, 0) is 6.18 Å². The lowest BCUT2D eigenvalue weighted by Gasteiger charge is -2.13. The Morgan fingerprint density at radius 2 is 1.55 bits per heavy atom. The number of allylic oxidation sites excluding steroid dienone is 1. The molecule has 5 rings (SSSR count). The molecule has 1 aromatic heterocycles. The smallest absolute Gasteiger partial charge is 0.358 e. The quantitative estimate of drug-likeness (QED) is 0.331. The minimum Gasteiger partial charge on any atom is -0.358 e. The lowest BCUT2D eigenvalue weighted by Crippen LogP contribution is -2.04. The lowest BCUT2D eigenvalue weighted by molar-refractivity contribution is -0.137. The van der Waals surface area contributed by atoms with Gasteiger partial charge in [0.15, 0.2) is 0 Å². The molecule has 3 aromatic carbocycles. The number of hydrogen-bond donors (Lipinski definition) is 1. The molecule has 0 atom stereocenters. The zero-order valence-electron chi connectivity index (χ0n) is 15.8. The molecule has 4 aromatic rings. The van der Waals surface area contributed by atoms with Gasteiger partial charge in [0.05, 0.1) is 11.1 Å². The third kappa shape index (κ3) is 3.13. The van der Waals surface area contributed by atoms with Crippen molar-refractivity contribution in [2.24, 2.45) is 4.99 Å². The predicted molar refractivity (Wildman–Crippen MR) is 110 cm³/mol. The Morgan fingerprint density at radius 3 is 2.29 bits per heavy atom. The summed E-state index contributed by atoms with van der Waals surface area (Å²) in [5.74, 6) is -0.951. The van der Waals surface area contributed by atoms with Crippen molar-refractivity contribution < 1.29 is 22.0 Å². The monoisotopic (exact) mass is 424 g/mol. The van der Waals surface area contributed by atoms with Crippen molar-refractivity contribution in [3.63, 3.8) is 0 Å². The van der Waals surface area contributed by atoms with E-state index in [1.165, 1.54) is 30.5 Å². The number of fused-ring (bicyclic) bond motifs is 2. The number of H-pyrrole nitrogens is 1. The number of benzene rings is 3. The average molecular weight is 424 g/mol. The van der Waals surface area contributed by atoms with E-state index in [-0.39, 0.29) is 11.2 Å². The molecule has 0 fully saturated rings. The topological polar surface area (TPSA) is 28.1 Å². The summed E-state index contributed by atoms with van der Waals surface area (Å²) in [4.78, 5) is 7.06. The van der Waals surface area contributed by atoms with Gasteiger partial charge in [0.25, 0.3) is 0 Å². The van der Waals surface area contributed by atoms with Gasteiger partial charge in [0.2, 0.25) is 0 Å². The van der Waals surface area contributed by atoms with Gasteiger partial charge < -0.3 is 4.98 Å². The van der Waals surface area contributed by atoms with Crippen LogP contribution in [-0.4, -0.2) is 11.2 Å². The molecule has 0 bridgehead atoms. The van der Waals surface area contributed by atoms with Gasteiger partial charge in [0, 0.05) is 40.1 Å². The molecule has 0 unspecified atom stereocenters. The van der Waals surface area contributed by atoms with Crippen LogP contribution in [0.3, 0.4) is 0 Å². The van der Waals surface area contributed by atoms with Crippen molar-refractivity contribution in [1.29, 1.82) is 0 Å². The molecule has 0 saturated heterocycles. The molecule has 0 saturated carbocycles. The van der Waals surface area contributed by atoms with Gasteiger partial charge in [-0.2, -0.15) is 13.2 Å². The summed E-state index contributed by atoms with van der Waals surface area (Å²) < 4.78 is 67.7. The highest BCUT2D eigenvalue weighted by Crippen LogP contribution is 2.42. The highest BCUT2D eigenvalue weighted by Gasteiger charge is 2.30. The van der Waals surface area contributed by atoms with E-state index in [0.29, 0.717) is 33.2 Å². The Bertz CT molecular complexity index is 1380. The number of nitrogens with one attached hydrogen (secondary N) is 1. The fraction of sp³-hybridized carbons (Fsp3) is 0.0417. The first-order chi connectivity index (χ1) is 14.8. The number of aliphatic imine (C=N–C) groups is 1. The first-order valence-electron chi connectivity index (χ1n) is 9.35. The fourth-order valence-corrected chi connectivity index (χ4v) is 3.87. The maximum atomic E-state index is 14.3. The molecule has 1 aliphatic heterocycles. The Morgan fingerprint density at radius 1 is 0.839 bits per heavy atom. The Kier molecular flexibility index (Phi) is 4.28. The second kappa shape index (κ2) is 6.91. The Hall–Kier alpha value is -3.74. The number of para-hydroxylation sites is 2. The molecule has 0 aliphatic carbocycles. The van der Waals surface area contributed by atoms with Crippen LogP contribution in [0.4, 0.5) is 27.6 Å². The highest BCUT2D eigenvalue weighted by atomic mass is 19.4. The normalized spacial score (nSPS) is 14.9. The van der Waals surface area contributed by atoms with Crippen LogP contribution < -0.4 is 0 Å². The van der Waals surface area contributed by atoms with E-state index in [9.17, 15) is 22.0 Å². The number of hydrogen-bond acceptors (Lipinski definition) is 1. The van der Waals surface area contributed by atoms with E-state index in [1.54, 1.807) is 30.5 Å². The van der Waals surface area contributed by atoms with Crippen LogP contribution in [0.5, 0.6) is 0 Å². The number of nitrogens with zero attached hydrogens (tertiary/aromatic N) is 1. The molecule has 2 nitrogen and oxygen atoms in total. The second-order valence-corrected chi connectivity index (χ2v) is 7.12. The zero-order chi connectivity index (χ0) is 21.8. The van der Waals surface area contributed by atoms with Gasteiger partial charge in [-0.15, -0.1) is 0 Å². The van der Waals surface area contributed by atoms with E-state index in [0.717, 1.165) is 12.1 Å². The largest absolute Gasteiger partial charge is 0.416 e. The van der Waals surface area contributed by atoms with Crippen LogP contribution in [0, 0.1) is 11.6 Å². The minimum atomic E-state index is -4.47. The fourth-order valence-electron chi connectivity index (χ4n) is 3.87. The lowest BCUT2D eigenvalue weighted by atomic mass is 9.89. The van der Waals surface area contributed by atoms with Gasteiger partial charge >= 0.3 is 6.18 Å². The van der Waals surface area contributed by atoms with Crippen molar-refractivity contribution in [2.45, 2.75) is 6.18 Å². The number of rotatable bonds is 2. The molecule has 0 spiro atoms. The number of aromatic amines is 1. The summed E-state index contributed by atoms with van der Waals surface area (Å²) in [5, 5.41) is 0.556. The van der Waals surface area contributed by atoms with E-state index < -0.39 is 23.4 Å². The minimum absolute atomic E-state index is 0.160. The first-order valence-corrected chi connectivity index (χ1v) is 9.35. The van der Waals surface area contributed by atoms with Crippen LogP contribution in [0.15, 0.2) is 71.9 Å². The molecule has 31 heavy (non-hydrogen) atoms. The van der Waals surface area contributed by atoms with Crippen LogP contribution in [0.2, 0.25) is 0 Å². The van der Waals surface area contributed by atoms with Crippen LogP contribution >= 0.6 is 0 Å². The number of halogens is 5. The second-order valence-electron chi connectivity index (χ2n) is 7.12. The van der Waals surface area contributed by atoms with Crippen molar-refractivity contribution in [2.75, 3.05) is 0 Å². The van der Waals surface area contributed by atoms with Gasteiger partial charge in [0.1, 0.15) is 17.3 Å². The SMILES string of the molecule is Fc1cccc2c1N=CC2=C(c1ccc(C(F)(F)F)cc1)c1c[nH]c2c(F)cccc12. The summed E-state index contributed by atoms with van der Waals surface area (Å²) in [6.45, 7) is 0. The molecule has 1 aliphatic rings. The van der Waals surface area contributed by atoms with Crippen LogP contribution in [0.1, 0.15) is 22.3 Å². The maximum absolute atomic E-state index is 14.3. The van der Waals surface area contributed by atoms with Crippen molar-refractivity contribution in [3.8, 4) is 0 Å². The van der Waals surface area contributed by atoms with Crippen molar-refractivity contribution in [1.82, 2.24) is 4.98 Å². The standard InChI is InChI=1S/C24H13F5N2/c25-19-5-1-3-15-17(11-30-22(15)19)21(13-7-9-14(10-8-13)24(27,28)29)18-12-31-23-16(18)4-2-6-20(23)26/h1-12,30H. The Labute approximate surface area is 173 Å². The Balaban J connectivity index is 1.80. The van der Waals surface area contributed by atoms with Gasteiger partial charge in [-0.05, 0) is 29.8 Å². The summed E-state index contributed by atoms with van der Waals surface area (Å²) >= 11 is 0. The maximum Gasteiger partial charge on any atom is 0.416 e. The van der Waals surface area contributed by atoms with Crippen molar-refractivity contribution >= 4 is 34.0 Å². The molecule has 154 valence electrons. The number of aromatic nitrogens is 1. The van der Waals surface area contributed by atoms with Crippen LogP contribution in [0.25, 0.3) is 22.0 Å². The van der Waals surface area contributed by atoms with E-state index in [4.69, 9.17) is 0 Å². The zero-order valence-corrected chi connectivity index (χ0v) is 15.8. The molecule has 1 N–H and O–H groups in total. The molecule has 0 amide bonds. The molecule has 7 heteroatoms. The third-order valence-electron chi connectivity index (χ3n) is 5.30. The molecule has 0 radical (unpaired) electrons. The van der Waals surface area contributed by atoms with Gasteiger partial charge in [-0.25, -0.2) is 8.78 Å². The first kappa shape index (κ1) is 19.2. The summed E-state index contributed by atoms with van der Waals surface area (Å²) in [6.07, 6.45) is -1.39. The van der Waals surface area contributed by atoms with Crippen molar-refractivity contribution in [3.05, 3.63) is 101 Å². The third-order valence-corrected chi connectivity index (χ3v) is 5.30. The number of alkyl halides is 3. The molecular weight excluding hydrogens is 411 g/mol. The molecule has 2 heterocycles. The van der Waals surface area contributed by atoms with Gasteiger partial charge in [-0.3, -0.25) is 4.99 Å². The molecular formula is C24H13F5N2. The summed E-state index contributed by atoms with van der Waals surface area (Å²) in [5.41, 5.74) is 2.28. The average Bonchev–Trinajstić information content (AvgIpc) is 3.35. The highest BCUT2D eigenvalue weighted by molar-refractivity contribution is 6.27. The van der Waals surface area contributed by atoms with E-state index >= 15 is 0 Å². The summed E-state index contributed by atoms with van der Waals surface area (Å²) in [7, 11) is 0.